The van der Waals surface area contributed by atoms with E-state index in [0.717, 1.165) is 31.9 Å². The first-order chi connectivity index (χ1) is 12.2. The molecule has 8 nitrogen and oxygen atoms in total. The van der Waals surface area contributed by atoms with Crippen molar-refractivity contribution in [3.05, 3.63) is 28.8 Å². The Balaban J connectivity index is 2.35. The molecule has 0 atom stereocenters. The van der Waals surface area contributed by atoms with Crippen molar-refractivity contribution in [2.75, 3.05) is 13.3 Å². The number of carbonyl (C=O) groups is 2. The highest BCUT2D eigenvalue weighted by molar-refractivity contribution is 7.90. The van der Waals surface area contributed by atoms with E-state index in [4.69, 9.17) is 16.4 Å². The Morgan fingerprint density at radius 3 is 2.46 bits per heavy atom. The number of carbonyl (C=O) groups excluding carboxylic acids is 2. The molecule has 0 radical (unpaired) electrons. The molecule has 2 rings (SSSR count). The second kappa shape index (κ2) is 8.50. The SMILES string of the molecule is CNC(=O)NC(=O)/C(=N/OC1CCCC1)c1ccc(S(C)(=O)=O)c(Cl)c1. The van der Waals surface area contributed by atoms with Crippen molar-refractivity contribution in [2.24, 2.45) is 5.16 Å². The maximum absolute atomic E-state index is 12.4. The number of hydrogen-bond acceptors (Lipinski definition) is 6. The molecule has 0 saturated heterocycles. The summed E-state index contributed by atoms with van der Waals surface area (Å²) in [5.74, 6) is -0.787. The van der Waals surface area contributed by atoms with Crippen molar-refractivity contribution in [3.63, 3.8) is 0 Å². The smallest absolute Gasteiger partial charge is 0.321 e. The van der Waals surface area contributed by atoms with Gasteiger partial charge in [0, 0.05) is 18.9 Å². The second-order valence-electron chi connectivity index (χ2n) is 5.90. The summed E-state index contributed by atoms with van der Waals surface area (Å²) in [6.07, 6.45) is 4.65. The van der Waals surface area contributed by atoms with E-state index in [1.807, 2.05) is 0 Å². The van der Waals surface area contributed by atoms with E-state index in [1.165, 1.54) is 25.2 Å². The van der Waals surface area contributed by atoms with Crippen LogP contribution in [0.15, 0.2) is 28.3 Å². The number of imide groups is 1. The molecule has 1 saturated carbocycles. The van der Waals surface area contributed by atoms with Crippen LogP contribution in [-0.4, -0.2) is 45.5 Å². The summed E-state index contributed by atoms with van der Waals surface area (Å²) in [7, 11) is -2.14. The van der Waals surface area contributed by atoms with Gasteiger partial charge in [0.05, 0.1) is 9.92 Å². The van der Waals surface area contributed by atoms with E-state index < -0.39 is 21.8 Å². The number of halogens is 1. The summed E-state index contributed by atoms with van der Waals surface area (Å²) in [5.41, 5.74) is 0.0734. The van der Waals surface area contributed by atoms with E-state index in [0.29, 0.717) is 0 Å². The summed E-state index contributed by atoms with van der Waals surface area (Å²) in [4.78, 5) is 29.2. The molecule has 1 aromatic rings. The standard InChI is InChI=1S/C16H20ClN3O5S/c1-18-16(22)19-15(21)14(20-25-11-5-3-4-6-11)10-7-8-13(12(17)9-10)26(2,23)24/h7-9,11H,3-6H2,1-2H3,(H2,18,19,21,22)/b20-14+. The highest BCUT2D eigenvalue weighted by Crippen LogP contribution is 2.24. The van der Waals surface area contributed by atoms with Crippen LogP contribution in [-0.2, 0) is 19.5 Å². The molecule has 142 valence electrons. The van der Waals surface area contributed by atoms with Crippen LogP contribution in [0, 0.1) is 0 Å². The molecule has 0 aliphatic heterocycles. The lowest BCUT2D eigenvalue weighted by molar-refractivity contribution is -0.114. The van der Waals surface area contributed by atoms with Crippen LogP contribution in [0.5, 0.6) is 0 Å². The van der Waals surface area contributed by atoms with E-state index in [9.17, 15) is 18.0 Å². The quantitative estimate of drug-likeness (QED) is 0.577. The first kappa shape index (κ1) is 20.2. The molecule has 0 unspecified atom stereocenters. The molecule has 1 fully saturated rings. The summed E-state index contributed by atoms with van der Waals surface area (Å²) in [6, 6.07) is 3.27. The molecule has 0 aromatic heterocycles. The van der Waals surface area contributed by atoms with E-state index in [2.05, 4.69) is 15.8 Å². The minimum Gasteiger partial charge on any atom is -0.392 e. The van der Waals surface area contributed by atoms with Gasteiger partial charge >= 0.3 is 6.03 Å². The summed E-state index contributed by atoms with van der Waals surface area (Å²) in [6.45, 7) is 0. The van der Waals surface area contributed by atoms with Gasteiger partial charge in [-0.05, 0) is 37.8 Å². The number of hydrogen-bond donors (Lipinski definition) is 2. The number of urea groups is 1. The molecule has 26 heavy (non-hydrogen) atoms. The number of nitrogens with zero attached hydrogens (tertiary/aromatic N) is 1. The topological polar surface area (TPSA) is 114 Å². The zero-order valence-electron chi connectivity index (χ0n) is 14.4. The normalized spacial score (nSPS) is 15.6. The Bertz CT molecular complexity index is 832. The summed E-state index contributed by atoms with van der Waals surface area (Å²) >= 11 is 6.04. The van der Waals surface area contributed by atoms with Gasteiger partial charge in [-0.25, -0.2) is 13.2 Å². The zero-order valence-corrected chi connectivity index (χ0v) is 16.0. The Hall–Kier alpha value is -2.13. The average molecular weight is 402 g/mol. The minimum absolute atomic E-state index is 0.0497. The van der Waals surface area contributed by atoms with Crippen LogP contribution in [0.1, 0.15) is 31.2 Å². The molecular weight excluding hydrogens is 382 g/mol. The molecular formula is C16H20ClN3O5S. The Kier molecular flexibility index (Phi) is 6.60. The molecule has 0 spiro atoms. The van der Waals surface area contributed by atoms with Gasteiger partial charge in [0.1, 0.15) is 6.10 Å². The van der Waals surface area contributed by atoms with Crippen LogP contribution in [0.25, 0.3) is 0 Å². The van der Waals surface area contributed by atoms with Gasteiger partial charge in [0.15, 0.2) is 15.5 Å². The van der Waals surface area contributed by atoms with Gasteiger partial charge in [0.2, 0.25) is 0 Å². The predicted molar refractivity (Wildman–Crippen MR) is 97.0 cm³/mol. The molecule has 2 N–H and O–H groups in total. The first-order valence-corrected chi connectivity index (χ1v) is 10.3. The number of amides is 3. The Labute approximate surface area is 156 Å². The Morgan fingerprint density at radius 2 is 1.92 bits per heavy atom. The van der Waals surface area contributed by atoms with Gasteiger partial charge < -0.3 is 10.2 Å². The molecule has 3 amide bonds. The lowest BCUT2D eigenvalue weighted by Crippen LogP contribution is -2.41. The van der Waals surface area contributed by atoms with E-state index in [1.54, 1.807) is 0 Å². The lowest BCUT2D eigenvalue weighted by atomic mass is 10.1. The van der Waals surface area contributed by atoms with Gasteiger partial charge in [0.25, 0.3) is 5.91 Å². The third-order valence-electron chi connectivity index (χ3n) is 3.87. The average Bonchev–Trinajstić information content (AvgIpc) is 3.07. The number of oxime groups is 1. The van der Waals surface area contributed by atoms with Crippen LogP contribution in [0.4, 0.5) is 4.79 Å². The fraction of sp³-hybridized carbons (Fsp3) is 0.438. The van der Waals surface area contributed by atoms with E-state index >= 15 is 0 Å². The molecule has 1 aromatic carbocycles. The third-order valence-corrected chi connectivity index (χ3v) is 5.45. The predicted octanol–water partition coefficient (Wildman–Crippen LogP) is 1.86. The molecule has 0 heterocycles. The van der Waals surface area contributed by atoms with E-state index in [-0.39, 0.29) is 27.3 Å². The maximum Gasteiger partial charge on any atom is 0.321 e. The van der Waals surface area contributed by atoms with Gasteiger partial charge in [-0.3, -0.25) is 10.1 Å². The van der Waals surface area contributed by atoms with Crippen LogP contribution < -0.4 is 10.6 Å². The van der Waals surface area contributed by atoms with Crippen molar-refractivity contribution in [3.8, 4) is 0 Å². The fourth-order valence-electron chi connectivity index (χ4n) is 2.52. The fourth-order valence-corrected chi connectivity index (χ4v) is 3.85. The van der Waals surface area contributed by atoms with Crippen molar-refractivity contribution in [2.45, 2.75) is 36.7 Å². The van der Waals surface area contributed by atoms with Crippen molar-refractivity contribution < 1.29 is 22.8 Å². The van der Waals surface area contributed by atoms with Crippen LogP contribution in [0.3, 0.4) is 0 Å². The second-order valence-corrected chi connectivity index (χ2v) is 8.29. The molecule has 1 aliphatic rings. The molecule has 10 heteroatoms. The highest BCUT2D eigenvalue weighted by atomic mass is 35.5. The number of benzene rings is 1. The maximum atomic E-state index is 12.4. The first-order valence-electron chi connectivity index (χ1n) is 7.99. The van der Waals surface area contributed by atoms with Gasteiger partial charge in [-0.15, -0.1) is 0 Å². The number of sulfone groups is 1. The number of rotatable bonds is 5. The zero-order chi connectivity index (χ0) is 19.3. The van der Waals surface area contributed by atoms with Gasteiger partial charge in [-0.2, -0.15) is 0 Å². The number of nitrogens with one attached hydrogen (secondary N) is 2. The van der Waals surface area contributed by atoms with Crippen LogP contribution in [0.2, 0.25) is 5.02 Å². The van der Waals surface area contributed by atoms with Crippen molar-refractivity contribution >= 4 is 39.1 Å². The summed E-state index contributed by atoms with van der Waals surface area (Å²) in [5, 5.41) is 8.24. The lowest BCUT2D eigenvalue weighted by Gasteiger charge is -2.11. The Morgan fingerprint density at radius 1 is 1.27 bits per heavy atom. The van der Waals surface area contributed by atoms with Gasteiger partial charge in [-0.1, -0.05) is 22.8 Å². The highest BCUT2D eigenvalue weighted by Gasteiger charge is 2.22. The third kappa shape index (κ3) is 5.18. The van der Waals surface area contributed by atoms with Crippen LogP contribution >= 0.6 is 11.6 Å². The largest absolute Gasteiger partial charge is 0.392 e. The summed E-state index contributed by atoms with van der Waals surface area (Å²) < 4.78 is 23.4. The minimum atomic E-state index is -3.51. The monoisotopic (exact) mass is 401 g/mol. The molecule has 1 aliphatic carbocycles. The molecule has 0 bridgehead atoms. The van der Waals surface area contributed by atoms with Crippen molar-refractivity contribution in [1.29, 1.82) is 0 Å². The van der Waals surface area contributed by atoms with Crippen molar-refractivity contribution in [1.82, 2.24) is 10.6 Å².